The minimum atomic E-state index is -2.43. The molecule has 0 aromatic heterocycles. The summed E-state index contributed by atoms with van der Waals surface area (Å²) in [6.45, 7) is 1.06. The van der Waals surface area contributed by atoms with E-state index in [1.807, 2.05) is 30.3 Å². The largest absolute Gasteiger partial charge is 0.381 e. The van der Waals surface area contributed by atoms with Gasteiger partial charge in [-0.15, -0.1) is 0 Å². The van der Waals surface area contributed by atoms with Crippen LogP contribution in [0.4, 0.5) is 14.5 Å². The number of nitrogens with one attached hydrogen (secondary N) is 1. The Kier molecular flexibility index (Phi) is 5.07. The van der Waals surface area contributed by atoms with Gasteiger partial charge in [-0.1, -0.05) is 30.3 Å². The molecule has 1 N–H and O–H groups in total. The van der Waals surface area contributed by atoms with Gasteiger partial charge in [0.2, 0.25) is 0 Å². The van der Waals surface area contributed by atoms with Crippen molar-refractivity contribution in [1.82, 2.24) is 0 Å². The van der Waals surface area contributed by atoms with Gasteiger partial charge in [0.1, 0.15) is 0 Å². The zero-order valence-electron chi connectivity index (χ0n) is 11.3. The Hall–Kier alpha value is -1.94. The van der Waals surface area contributed by atoms with Crippen LogP contribution in [0.5, 0.6) is 0 Å². The van der Waals surface area contributed by atoms with Crippen molar-refractivity contribution in [1.29, 1.82) is 0 Å². The summed E-state index contributed by atoms with van der Waals surface area (Å²) in [4.78, 5) is 0. The number of hydrogen-bond acceptors (Lipinski definition) is 2. The molecular formula is C16H17F2NO. The highest BCUT2D eigenvalue weighted by molar-refractivity contribution is 5.46. The van der Waals surface area contributed by atoms with E-state index < -0.39 is 6.43 Å². The molecule has 2 aromatic rings. The Morgan fingerprint density at radius 2 is 1.80 bits per heavy atom. The first kappa shape index (κ1) is 14.5. The monoisotopic (exact) mass is 277 g/mol. The molecule has 0 saturated carbocycles. The molecule has 0 aliphatic carbocycles. The second-order valence-electron chi connectivity index (χ2n) is 4.53. The van der Waals surface area contributed by atoms with Crippen LogP contribution in [-0.2, 0) is 17.9 Å². The SMILES string of the molecule is COCc1cccc(NCc2cccc(C(F)F)c2)c1. The van der Waals surface area contributed by atoms with Gasteiger partial charge in [0.05, 0.1) is 6.61 Å². The minimum Gasteiger partial charge on any atom is -0.381 e. The molecule has 4 heteroatoms. The normalized spacial score (nSPS) is 10.8. The molecule has 2 nitrogen and oxygen atoms in total. The van der Waals surface area contributed by atoms with Gasteiger partial charge in [-0.2, -0.15) is 0 Å². The number of ether oxygens (including phenoxy) is 1. The van der Waals surface area contributed by atoms with Crippen LogP contribution in [0, 0.1) is 0 Å². The van der Waals surface area contributed by atoms with Crippen molar-refractivity contribution < 1.29 is 13.5 Å². The van der Waals surface area contributed by atoms with Gasteiger partial charge >= 0.3 is 0 Å². The van der Waals surface area contributed by atoms with E-state index in [-0.39, 0.29) is 5.56 Å². The summed E-state index contributed by atoms with van der Waals surface area (Å²) < 4.78 is 30.3. The van der Waals surface area contributed by atoms with E-state index in [1.165, 1.54) is 12.1 Å². The van der Waals surface area contributed by atoms with Gasteiger partial charge in [-0.05, 0) is 29.3 Å². The van der Waals surface area contributed by atoms with Gasteiger partial charge in [0.25, 0.3) is 6.43 Å². The number of benzene rings is 2. The maximum absolute atomic E-state index is 12.6. The molecule has 0 bridgehead atoms. The molecule has 0 aliphatic rings. The maximum Gasteiger partial charge on any atom is 0.263 e. The molecule has 0 unspecified atom stereocenters. The number of hydrogen-bond donors (Lipinski definition) is 1. The predicted octanol–water partition coefficient (Wildman–Crippen LogP) is 4.38. The quantitative estimate of drug-likeness (QED) is 0.846. The molecule has 106 valence electrons. The molecule has 0 fully saturated rings. The summed E-state index contributed by atoms with van der Waals surface area (Å²) in [5, 5.41) is 3.23. The molecule has 0 heterocycles. The lowest BCUT2D eigenvalue weighted by Crippen LogP contribution is -2.01. The third-order valence-corrected chi connectivity index (χ3v) is 2.94. The van der Waals surface area contributed by atoms with Crippen molar-refractivity contribution in [2.75, 3.05) is 12.4 Å². The van der Waals surface area contributed by atoms with E-state index in [0.29, 0.717) is 13.2 Å². The van der Waals surface area contributed by atoms with Crippen LogP contribution >= 0.6 is 0 Å². The summed E-state index contributed by atoms with van der Waals surface area (Å²) in [7, 11) is 1.65. The van der Waals surface area contributed by atoms with Crippen molar-refractivity contribution in [3.63, 3.8) is 0 Å². The highest BCUT2D eigenvalue weighted by atomic mass is 19.3. The fourth-order valence-corrected chi connectivity index (χ4v) is 1.98. The lowest BCUT2D eigenvalue weighted by molar-refractivity contribution is 0.151. The van der Waals surface area contributed by atoms with Crippen LogP contribution in [0.25, 0.3) is 0 Å². The molecule has 0 radical (unpaired) electrons. The molecule has 0 atom stereocenters. The second-order valence-corrected chi connectivity index (χ2v) is 4.53. The topological polar surface area (TPSA) is 21.3 Å². The van der Waals surface area contributed by atoms with Crippen LogP contribution in [-0.4, -0.2) is 7.11 Å². The van der Waals surface area contributed by atoms with Gasteiger partial charge in [0.15, 0.2) is 0 Å². The Morgan fingerprint density at radius 1 is 1.05 bits per heavy atom. The Balaban J connectivity index is 2.01. The summed E-state index contributed by atoms with van der Waals surface area (Å²) in [6.07, 6.45) is -2.43. The number of rotatable bonds is 6. The highest BCUT2D eigenvalue weighted by Gasteiger charge is 2.06. The third kappa shape index (κ3) is 4.03. The lowest BCUT2D eigenvalue weighted by Gasteiger charge is -2.09. The molecule has 0 saturated heterocycles. The number of halogens is 2. The number of methoxy groups -OCH3 is 1. The Morgan fingerprint density at radius 3 is 2.55 bits per heavy atom. The average Bonchev–Trinajstić information content (AvgIpc) is 2.46. The Bertz CT molecular complexity index is 558. The number of anilines is 1. The third-order valence-electron chi connectivity index (χ3n) is 2.94. The van der Waals surface area contributed by atoms with Crippen molar-refractivity contribution in [3.05, 3.63) is 65.2 Å². The van der Waals surface area contributed by atoms with Crippen molar-refractivity contribution in [2.24, 2.45) is 0 Å². The van der Waals surface area contributed by atoms with Crippen molar-refractivity contribution in [3.8, 4) is 0 Å². The predicted molar refractivity (Wildman–Crippen MR) is 75.9 cm³/mol. The molecule has 2 rings (SSSR count). The molecule has 2 aromatic carbocycles. The van der Waals surface area contributed by atoms with Crippen molar-refractivity contribution in [2.45, 2.75) is 19.6 Å². The average molecular weight is 277 g/mol. The summed E-state index contributed by atoms with van der Waals surface area (Å²) in [6, 6.07) is 14.3. The standard InChI is InChI=1S/C16H17F2NO/c1-20-11-13-5-3-7-15(9-13)19-10-12-4-2-6-14(8-12)16(17)18/h2-9,16,19H,10-11H2,1H3. The van der Waals surface area contributed by atoms with Crippen LogP contribution in [0.1, 0.15) is 23.1 Å². The highest BCUT2D eigenvalue weighted by Crippen LogP contribution is 2.20. The van der Waals surface area contributed by atoms with Gasteiger partial charge in [0, 0.05) is 24.9 Å². The van der Waals surface area contributed by atoms with Crippen LogP contribution in [0.3, 0.4) is 0 Å². The maximum atomic E-state index is 12.6. The Labute approximate surface area is 117 Å². The first-order valence-corrected chi connectivity index (χ1v) is 6.38. The van der Waals surface area contributed by atoms with Crippen LogP contribution < -0.4 is 5.32 Å². The fourth-order valence-electron chi connectivity index (χ4n) is 1.98. The number of alkyl halides is 2. The molecule has 0 aliphatic heterocycles. The van der Waals surface area contributed by atoms with E-state index in [9.17, 15) is 8.78 Å². The zero-order valence-corrected chi connectivity index (χ0v) is 11.3. The second kappa shape index (κ2) is 7.01. The molecule has 0 spiro atoms. The fraction of sp³-hybridized carbons (Fsp3) is 0.250. The van der Waals surface area contributed by atoms with E-state index in [4.69, 9.17) is 4.74 Å². The summed E-state index contributed by atoms with van der Waals surface area (Å²) >= 11 is 0. The first-order chi connectivity index (χ1) is 9.69. The lowest BCUT2D eigenvalue weighted by atomic mass is 10.1. The molecule has 0 amide bonds. The van der Waals surface area contributed by atoms with E-state index in [0.717, 1.165) is 16.8 Å². The van der Waals surface area contributed by atoms with Crippen LogP contribution in [0.15, 0.2) is 48.5 Å². The summed E-state index contributed by atoms with van der Waals surface area (Å²) in [5.41, 5.74) is 2.90. The zero-order chi connectivity index (χ0) is 14.4. The van der Waals surface area contributed by atoms with Gasteiger partial charge in [-0.3, -0.25) is 0 Å². The van der Waals surface area contributed by atoms with E-state index >= 15 is 0 Å². The first-order valence-electron chi connectivity index (χ1n) is 6.38. The van der Waals surface area contributed by atoms with Crippen molar-refractivity contribution >= 4 is 5.69 Å². The molecule has 20 heavy (non-hydrogen) atoms. The smallest absolute Gasteiger partial charge is 0.263 e. The summed E-state index contributed by atoms with van der Waals surface area (Å²) in [5.74, 6) is 0. The molecular weight excluding hydrogens is 260 g/mol. The van der Waals surface area contributed by atoms with Gasteiger partial charge < -0.3 is 10.1 Å². The van der Waals surface area contributed by atoms with Gasteiger partial charge in [-0.25, -0.2) is 8.78 Å². The van der Waals surface area contributed by atoms with Crippen LogP contribution in [0.2, 0.25) is 0 Å². The minimum absolute atomic E-state index is 0.0532. The van der Waals surface area contributed by atoms with E-state index in [2.05, 4.69) is 5.32 Å². The van der Waals surface area contributed by atoms with E-state index in [1.54, 1.807) is 13.2 Å².